The van der Waals surface area contributed by atoms with Crippen LogP contribution in [-0.4, -0.2) is 60.6 Å². The number of ether oxygens (including phenoxy) is 3. The molecule has 1 saturated heterocycles. The number of para-hydroxylation sites is 1. The van der Waals surface area contributed by atoms with Crippen LogP contribution in [0.2, 0.25) is 0 Å². The van der Waals surface area contributed by atoms with Gasteiger partial charge in [0.1, 0.15) is 11.5 Å². The number of primary amides is 1. The molecular formula is C34H36FN5O5. The SMILES string of the molecule is C=CCc1cccc(/C=N/N(C(N)=O)c2ccc(Oc3ccnc4cc(OCCCN5CCCC5)c(OC)cc34)c(F)c2)c1O. The van der Waals surface area contributed by atoms with E-state index in [0.717, 1.165) is 37.1 Å². The van der Waals surface area contributed by atoms with E-state index in [1.54, 1.807) is 55.8 Å². The van der Waals surface area contributed by atoms with E-state index in [4.69, 9.17) is 19.9 Å². The van der Waals surface area contributed by atoms with Crippen LogP contribution in [0.5, 0.6) is 28.7 Å². The molecule has 0 bridgehead atoms. The first kappa shape index (κ1) is 31.3. The van der Waals surface area contributed by atoms with E-state index >= 15 is 4.39 Å². The van der Waals surface area contributed by atoms with Crippen LogP contribution in [0.1, 0.15) is 30.4 Å². The van der Waals surface area contributed by atoms with Gasteiger partial charge in [-0.2, -0.15) is 10.1 Å². The molecule has 2 heterocycles. The number of hydrogen-bond donors (Lipinski definition) is 2. The van der Waals surface area contributed by atoms with Crippen LogP contribution in [0, 0.1) is 5.82 Å². The number of carbonyl (C=O) groups excluding carboxylic acids is 1. The van der Waals surface area contributed by atoms with E-state index < -0.39 is 11.8 Å². The Morgan fingerprint density at radius 2 is 1.96 bits per heavy atom. The number of halogens is 1. The summed E-state index contributed by atoms with van der Waals surface area (Å²) < 4.78 is 32.9. The summed E-state index contributed by atoms with van der Waals surface area (Å²) in [6, 6.07) is 13.2. The minimum absolute atomic E-state index is 0.00194. The van der Waals surface area contributed by atoms with Crippen LogP contribution in [0.4, 0.5) is 14.9 Å². The molecule has 0 saturated carbocycles. The molecule has 11 heteroatoms. The topological polar surface area (TPSA) is 123 Å². The van der Waals surface area contributed by atoms with Crippen LogP contribution in [0.15, 0.2) is 78.6 Å². The van der Waals surface area contributed by atoms with Crippen molar-refractivity contribution >= 4 is 28.8 Å². The number of amides is 2. The van der Waals surface area contributed by atoms with Crippen molar-refractivity contribution in [2.24, 2.45) is 10.8 Å². The van der Waals surface area contributed by atoms with Gasteiger partial charge in [-0.15, -0.1) is 6.58 Å². The highest BCUT2D eigenvalue weighted by Crippen LogP contribution is 2.38. The second-order valence-electron chi connectivity index (χ2n) is 10.5. The maximum atomic E-state index is 15.4. The number of hydrogen-bond acceptors (Lipinski definition) is 8. The molecule has 0 aliphatic carbocycles. The van der Waals surface area contributed by atoms with E-state index in [2.05, 4.69) is 21.6 Å². The number of likely N-dealkylation sites (tertiary alicyclic amines) is 1. The van der Waals surface area contributed by atoms with Gasteiger partial charge in [0, 0.05) is 35.8 Å². The molecule has 234 valence electrons. The number of pyridine rings is 1. The summed E-state index contributed by atoms with van der Waals surface area (Å²) >= 11 is 0. The predicted molar refractivity (Wildman–Crippen MR) is 172 cm³/mol. The normalized spacial score (nSPS) is 13.3. The lowest BCUT2D eigenvalue weighted by molar-refractivity contribution is 0.254. The summed E-state index contributed by atoms with van der Waals surface area (Å²) in [4.78, 5) is 19.1. The molecule has 1 aromatic heterocycles. The third-order valence-corrected chi connectivity index (χ3v) is 7.48. The smallest absolute Gasteiger partial charge is 0.340 e. The molecule has 1 aliphatic rings. The highest BCUT2D eigenvalue weighted by molar-refractivity contribution is 5.94. The first-order chi connectivity index (χ1) is 21.9. The van der Waals surface area contributed by atoms with E-state index in [0.29, 0.717) is 52.3 Å². The number of aromatic nitrogens is 1. The monoisotopic (exact) mass is 613 g/mol. The Kier molecular flexibility index (Phi) is 10.1. The lowest BCUT2D eigenvalue weighted by Crippen LogP contribution is -2.31. The van der Waals surface area contributed by atoms with E-state index in [1.807, 2.05) is 0 Å². The molecule has 10 nitrogen and oxygen atoms in total. The molecule has 3 aromatic carbocycles. The van der Waals surface area contributed by atoms with Gasteiger partial charge in [-0.3, -0.25) is 4.98 Å². The fourth-order valence-corrected chi connectivity index (χ4v) is 5.20. The van der Waals surface area contributed by atoms with Crippen molar-refractivity contribution < 1.29 is 28.5 Å². The van der Waals surface area contributed by atoms with Gasteiger partial charge >= 0.3 is 6.03 Å². The number of rotatable bonds is 13. The lowest BCUT2D eigenvalue weighted by Gasteiger charge is -2.17. The summed E-state index contributed by atoms with van der Waals surface area (Å²) in [7, 11) is 1.56. The van der Waals surface area contributed by atoms with Crippen molar-refractivity contribution in [1.82, 2.24) is 9.88 Å². The summed E-state index contributed by atoms with van der Waals surface area (Å²) in [5.41, 5.74) is 7.20. The Hall–Kier alpha value is -5.16. The number of fused-ring (bicyclic) bond motifs is 1. The zero-order valence-corrected chi connectivity index (χ0v) is 25.1. The van der Waals surface area contributed by atoms with Gasteiger partial charge in [-0.25, -0.2) is 9.18 Å². The van der Waals surface area contributed by atoms with Gasteiger partial charge in [0.05, 0.1) is 31.1 Å². The molecule has 5 rings (SSSR count). The Morgan fingerprint density at radius 1 is 1.13 bits per heavy atom. The highest BCUT2D eigenvalue weighted by atomic mass is 19.1. The average Bonchev–Trinajstić information content (AvgIpc) is 3.56. The van der Waals surface area contributed by atoms with Gasteiger partial charge in [0.25, 0.3) is 0 Å². The van der Waals surface area contributed by atoms with E-state index in [9.17, 15) is 9.90 Å². The van der Waals surface area contributed by atoms with Gasteiger partial charge in [0.2, 0.25) is 0 Å². The largest absolute Gasteiger partial charge is 0.507 e. The van der Waals surface area contributed by atoms with Crippen molar-refractivity contribution in [2.45, 2.75) is 25.7 Å². The molecular weight excluding hydrogens is 577 g/mol. The van der Waals surface area contributed by atoms with Crippen LogP contribution in [-0.2, 0) is 6.42 Å². The summed E-state index contributed by atoms with van der Waals surface area (Å²) in [6.07, 6.45) is 8.36. The third-order valence-electron chi connectivity index (χ3n) is 7.48. The van der Waals surface area contributed by atoms with Gasteiger partial charge in [0.15, 0.2) is 23.1 Å². The van der Waals surface area contributed by atoms with Gasteiger partial charge in [-0.1, -0.05) is 18.2 Å². The fourth-order valence-electron chi connectivity index (χ4n) is 5.20. The zero-order valence-electron chi connectivity index (χ0n) is 25.1. The minimum Gasteiger partial charge on any atom is -0.507 e. The van der Waals surface area contributed by atoms with Crippen molar-refractivity contribution in [3.8, 4) is 28.7 Å². The van der Waals surface area contributed by atoms with Crippen LogP contribution >= 0.6 is 0 Å². The number of nitrogens with two attached hydrogens (primary N) is 1. The molecule has 1 fully saturated rings. The Bertz CT molecular complexity index is 1710. The number of allylic oxidation sites excluding steroid dienone is 1. The number of nitrogens with zero attached hydrogens (tertiary/aromatic N) is 4. The van der Waals surface area contributed by atoms with Crippen LogP contribution in [0.3, 0.4) is 0 Å². The van der Waals surface area contributed by atoms with Gasteiger partial charge < -0.3 is 30.0 Å². The van der Waals surface area contributed by atoms with E-state index in [-0.39, 0.29) is 17.2 Å². The number of benzene rings is 3. The average molecular weight is 614 g/mol. The third kappa shape index (κ3) is 7.50. The zero-order chi connectivity index (χ0) is 31.8. The number of phenols is 1. The molecule has 0 atom stereocenters. The lowest BCUT2D eigenvalue weighted by atomic mass is 10.1. The molecule has 0 unspecified atom stereocenters. The van der Waals surface area contributed by atoms with Crippen LogP contribution < -0.4 is 25.0 Å². The maximum absolute atomic E-state index is 15.4. The standard InChI is InChI=1S/C34H36FN5O5/c1-3-8-23-9-6-10-24(33(23)41)22-38-40(34(36)42)25-11-12-30(27(35)19-25)45-29-13-14-37-28-21-32(31(43-2)20-26(28)29)44-18-7-17-39-15-4-5-16-39/h3,6,9-14,19-22,41H,1,4-5,7-8,15-18H2,2H3,(H2,36,42)/b38-22+. The molecule has 4 aromatic rings. The Balaban J connectivity index is 1.33. The van der Waals surface area contributed by atoms with Crippen molar-refractivity contribution in [3.63, 3.8) is 0 Å². The highest BCUT2D eigenvalue weighted by Gasteiger charge is 2.18. The van der Waals surface area contributed by atoms with Crippen molar-refractivity contribution in [2.75, 3.05) is 38.4 Å². The van der Waals surface area contributed by atoms with Crippen molar-refractivity contribution in [3.05, 3.63) is 90.4 Å². The number of carbonyl (C=O) groups is 1. The molecule has 3 N–H and O–H groups in total. The Labute approximate surface area is 261 Å². The van der Waals surface area contributed by atoms with Crippen molar-refractivity contribution in [1.29, 1.82) is 0 Å². The second-order valence-corrected chi connectivity index (χ2v) is 10.5. The first-order valence-electron chi connectivity index (χ1n) is 14.7. The van der Waals surface area contributed by atoms with Crippen LogP contribution in [0.25, 0.3) is 10.9 Å². The number of urea groups is 1. The summed E-state index contributed by atoms with van der Waals surface area (Å²) in [5, 5.41) is 16.0. The Morgan fingerprint density at radius 3 is 2.69 bits per heavy atom. The minimum atomic E-state index is -0.942. The summed E-state index contributed by atoms with van der Waals surface area (Å²) in [5.74, 6) is 0.589. The van der Waals surface area contributed by atoms with E-state index in [1.165, 1.54) is 31.2 Å². The number of anilines is 1. The second kappa shape index (κ2) is 14.5. The quantitative estimate of drug-likeness (QED) is 0.0775. The number of phenolic OH excluding ortho intramolecular Hbond substituents is 1. The fraction of sp³-hybridized carbons (Fsp3) is 0.265. The maximum Gasteiger partial charge on any atom is 0.340 e. The molecule has 0 spiro atoms. The molecule has 0 radical (unpaired) electrons. The molecule has 2 amide bonds. The van der Waals surface area contributed by atoms with Gasteiger partial charge in [-0.05, 0) is 74.7 Å². The predicted octanol–water partition coefficient (Wildman–Crippen LogP) is 6.39. The number of methoxy groups -OCH3 is 1. The number of aromatic hydroxyl groups is 1. The summed E-state index contributed by atoms with van der Waals surface area (Å²) in [6.45, 7) is 7.50. The first-order valence-corrected chi connectivity index (χ1v) is 14.7. The molecule has 1 aliphatic heterocycles. The molecule has 45 heavy (non-hydrogen) atoms. The number of hydrazone groups is 1.